The van der Waals surface area contributed by atoms with E-state index in [-0.39, 0.29) is 11.9 Å². The van der Waals surface area contributed by atoms with Crippen LogP contribution < -0.4 is 4.74 Å². The zero-order valence-corrected chi connectivity index (χ0v) is 7.53. The van der Waals surface area contributed by atoms with Crippen LogP contribution in [0.1, 0.15) is 18.9 Å². The van der Waals surface area contributed by atoms with Gasteiger partial charge in [0, 0.05) is 5.56 Å². The van der Waals surface area contributed by atoms with Gasteiger partial charge in [-0.3, -0.25) is 0 Å². The molecule has 13 heavy (non-hydrogen) atoms. The molecule has 1 heterocycles. The van der Waals surface area contributed by atoms with E-state index in [1.165, 1.54) is 0 Å². The summed E-state index contributed by atoms with van der Waals surface area (Å²) in [6.07, 6.45) is 5.16. The van der Waals surface area contributed by atoms with Gasteiger partial charge in [-0.1, -0.05) is 13.0 Å². The summed E-state index contributed by atoms with van der Waals surface area (Å²) in [5.74, 6) is 1.13. The summed E-state index contributed by atoms with van der Waals surface area (Å²) in [7, 11) is 0. The Morgan fingerprint density at radius 3 is 3.08 bits per heavy atom. The van der Waals surface area contributed by atoms with E-state index in [0.717, 1.165) is 17.7 Å². The molecule has 0 amide bonds. The summed E-state index contributed by atoms with van der Waals surface area (Å²) in [5, 5.41) is 9.22. The second-order valence-corrected chi connectivity index (χ2v) is 3.15. The third-order valence-electron chi connectivity index (χ3n) is 2.16. The van der Waals surface area contributed by atoms with E-state index in [4.69, 9.17) is 4.74 Å². The molecule has 1 unspecified atom stereocenters. The molecule has 0 aromatic heterocycles. The van der Waals surface area contributed by atoms with Crippen molar-refractivity contribution in [1.82, 2.24) is 0 Å². The first kappa shape index (κ1) is 8.17. The molecule has 0 spiro atoms. The number of fused-ring (bicyclic) bond motifs is 1. The lowest BCUT2D eigenvalue weighted by molar-refractivity contribution is 0.241. The number of phenolic OH excluding ortho intramolecular Hbond substituents is 1. The van der Waals surface area contributed by atoms with Crippen LogP contribution >= 0.6 is 0 Å². The van der Waals surface area contributed by atoms with Gasteiger partial charge >= 0.3 is 0 Å². The predicted octanol–water partition coefficient (Wildman–Crippen LogP) is 2.58. The summed E-state index contributed by atoms with van der Waals surface area (Å²) in [6, 6.07) is 5.15. The fourth-order valence-electron chi connectivity index (χ4n) is 1.41. The van der Waals surface area contributed by atoms with Crippen molar-refractivity contribution in [2.45, 2.75) is 19.4 Å². The lowest BCUT2D eigenvalue weighted by Gasteiger charge is -2.20. The minimum Gasteiger partial charge on any atom is -0.508 e. The van der Waals surface area contributed by atoms with Crippen molar-refractivity contribution in [1.29, 1.82) is 0 Å². The molecular weight excluding hydrogens is 164 g/mol. The largest absolute Gasteiger partial charge is 0.508 e. The highest BCUT2D eigenvalue weighted by Gasteiger charge is 2.12. The average Bonchev–Trinajstić information content (AvgIpc) is 2.17. The Labute approximate surface area is 77.5 Å². The maximum absolute atomic E-state index is 9.22. The molecule has 1 atom stereocenters. The van der Waals surface area contributed by atoms with E-state index in [2.05, 4.69) is 6.92 Å². The number of aromatic hydroxyl groups is 1. The Bertz CT molecular complexity index is 342. The van der Waals surface area contributed by atoms with Gasteiger partial charge in [-0.05, 0) is 30.7 Å². The minimum atomic E-state index is 0.178. The standard InChI is InChI=1S/C11H12O2/c1-2-10-5-3-8-7-9(12)4-6-11(8)13-10/h3-7,10,12H,2H2,1H3. The molecule has 1 aliphatic heterocycles. The Morgan fingerprint density at radius 2 is 2.31 bits per heavy atom. The molecule has 1 aromatic rings. The highest BCUT2D eigenvalue weighted by atomic mass is 16.5. The Balaban J connectivity index is 2.35. The highest BCUT2D eigenvalue weighted by molar-refractivity contribution is 5.61. The number of benzene rings is 1. The number of hydrogen-bond donors (Lipinski definition) is 1. The zero-order chi connectivity index (χ0) is 9.26. The van der Waals surface area contributed by atoms with E-state index in [1.807, 2.05) is 12.2 Å². The molecule has 0 radical (unpaired) electrons. The van der Waals surface area contributed by atoms with Gasteiger partial charge < -0.3 is 9.84 Å². The zero-order valence-electron chi connectivity index (χ0n) is 7.53. The molecule has 2 nitrogen and oxygen atoms in total. The summed E-state index contributed by atoms with van der Waals surface area (Å²) in [4.78, 5) is 0. The lowest BCUT2D eigenvalue weighted by atomic mass is 10.1. The van der Waals surface area contributed by atoms with Crippen LogP contribution in [0.3, 0.4) is 0 Å². The van der Waals surface area contributed by atoms with Gasteiger partial charge in [0.05, 0.1) is 0 Å². The first-order valence-electron chi connectivity index (χ1n) is 4.47. The van der Waals surface area contributed by atoms with Gasteiger partial charge in [-0.2, -0.15) is 0 Å². The van der Waals surface area contributed by atoms with Crippen LogP contribution in [0, 0.1) is 0 Å². The Morgan fingerprint density at radius 1 is 1.46 bits per heavy atom. The Kier molecular flexibility index (Phi) is 1.97. The monoisotopic (exact) mass is 176 g/mol. The van der Waals surface area contributed by atoms with Gasteiger partial charge in [0.15, 0.2) is 0 Å². The number of ether oxygens (including phenoxy) is 1. The van der Waals surface area contributed by atoms with Gasteiger partial charge in [0.1, 0.15) is 17.6 Å². The average molecular weight is 176 g/mol. The van der Waals surface area contributed by atoms with Gasteiger partial charge in [-0.15, -0.1) is 0 Å². The van der Waals surface area contributed by atoms with Crippen molar-refractivity contribution >= 4 is 6.08 Å². The topological polar surface area (TPSA) is 29.5 Å². The van der Waals surface area contributed by atoms with Gasteiger partial charge in [0.25, 0.3) is 0 Å². The molecule has 1 N–H and O–H groups in total. The van der Waals surface area contributed by atoms with Crippen molar-refractivity contribution in [3.63, 3.8) is 0 Å². The molecule has 2 rings (SSSR count). The fourth-order valence-corrected chi connectivity index (χ4v) is 1.41. The third-order valence-corrected chi connectivity index (χ3v) is 2.16. The number of rotatable bonds is 1. The van der Waals surface area contributed by atoms with Gasteiger partial charge in [0.2, 0.25) is 0 Å². The smallest absolute Gasteiger partial charge is 0.127 e. The molecule has 0 saturated heterocycles. The van der Waals surface area contributed by atoms with Crippen molar-refractivity contribution in [3.8, 4) is 11.5 Å². The van der Waals surface area contributed by atoms with E-state index in [1.54, 1.807) is 18.2 Å². The Hall–Kier alpha value is -1.44. The van der Waals surface area contributed by atoms with E-state index in [9.17, 15) is 5.11 Å². The summed E-state index contributed by atoms with van der Waals surface area (Å²) in [5.41, 5.74) is 0.949. The summed E-state index contributed by atoms with van der Waals surface area (Å²) in [6.45, 7) is 2.08. The normalized spacial score (nSPS) is 19.3. The molecule has 68 valence electrons. The van der Waals surface area contributed by atoms with Crippen LogP contribution in [0.25, 0.3) is 6.08 Å². The van der Waals surface area contributed by atoms with Crippen LogP contribution in [-0.4, -0.2) is 11.2 Å². The molecule has 1 aromatic carbocycles. The first-order chi connectivity index (χ1) is 6.29. The third kappa shape index (κ3) is 1.52. The molecule has 2 heteroatoms. The van der Waals surface area contributed by atoms with Crippen molar-refractivity contribution in [3.05, 3.63) is 29.8 Å². The lowest BCUT2D eigenvalue weighted by Crippen LogP contribution is -2.15. The van der Waals surface area contributed by atoms with E-state index >= 15 is 0 Å². The van der Waals surface area contributed by atoms with Crippen molar-refractivity contribution in [2.75, 3.05) is 0 Å². The summed E-state index contributed by atoms with van der Waals surface area (Å²) >= 11 is 0. The van der Waals surface area contributed by atoms with Crippen LogP contribution in [0.4, 0.5) is 0 Å². The number of phenols is 1. The van der Waals surface area contributed by atoms with Gasteiger partial charge in [-0.25, -0.2) is 0 Å². The maximum atomic E-state index is 9.22. The minimum absolute atomic E-state index is 0.178. The van der Waals surface area contributed by atoms with E-state index < -0.39 is 0 Å². The van der Waals surface area contributed by atoms with Crippen LogP contribution in [-0.2, 0) is 0 Å². The maximum Gasteiger partial charge on any atom is 0.127 e. The molecule has 0 bridgehead atoms. The molecule has 0 saturated carbocycles. The van der Waals surface area contributed by atoms with Crippen LogP contribution in [0.5, 0.6) is 11.5 Å². The predicted molar refractivity (Wildman–Crippen MR) is 51.8 cm³/mol. The SMILES string of the molecule is CCC1C=Cc2cc(O)ccc2O1. The molecular formula is C11H12O2. The second kappa shape index (κ2) is 3.13. The van der Waals surface area contributed by atoms with Crippen LogP contribution in [0.15, 0.2) is 24.3 Å². The van der Waals surface area contributed by atoms with E-state index in [0.29, 0.717) is 0 Å². The summed E-state index contributed by atoms with van der Waals surface area (Å²) < 4.78 is 5.64. The van der Waals surface area contributed by atoms with Crippen molar-refractivity contribution < 1.29 is 9.84 Å². The first-order valence-corrected chi connectivity index (χ1v) is 4.47. The van der Waals surface area contributed by atoms with Crippen molar-refractivity contribution in [2.24, 2.45) is 0 Å². The highest BCUT2D eigenvalue weighted by Crippen LogP contribution is 2.29. The second-order valence-electron chi connectivity index (χ2n) is 3.15. The van der Waals surface area contributed by atoms with Crippen LogP contribution in [0.2, 0.25) is 0 Å². The number of hydrogen-bond acceptors (Lipinski definition) is 2. The molecule has 0 fully saturated rings. The quantitative estimate of drug-likeness (QED) is 0.712. The fraction of sp³-hybridized carbons (Fsp3) is 0.273. The molecule has 1 aliphatic rings. The molecule has 0 aliphatic carbocycles.